The molecule has 0 aromatic rings. The molecule has 0 spiro atoms. The number of nitrogens with zero attached hydrogens (tertiary/aromatic N) is 1. The van der Waals surface area contributed by atoms with Crippen LogP contribution in [0.25, 0.3) is 0 Å². The van der Waals surface area contributed by atoms with Crippen molar-refractivity contribution in [3.63, 3.8) is 0 Å². The van der Waals surface area contributed by atoms with Crippen molar-refractivity contribution >= 4 is 11.7 Å². The highest BCUT2D eigenvalue weighted by atomic mass is 16.5. The second-order valence-corrected chi connectivity index (χ2v) is 4.41. The molecule has 96 valence electrons. The lowest BCUT2D eigenvalue weighted by molar-refractivity contribution is -0.158. The van der Waals surface area contributed by atoms with Crippen LogP contribution in [0.4, 0.5) is 0 Å². The number of Topliss-reactive ketones (excluding diaryl/α,β-unsaturated/α-hetero) is 1. The quantitative estimate of drug-likeness (QED) is 0.555. The number of rotatable bonds is 4. The minimum absolute atomic E-state index is 0.392. The summed E-state index contributed by atoms with van der Waals surface area (Å²) in [4.78, 5) is 25.2. The van der Waals surface area contributed by atoms with Gasteiger partial charge in [0.25, 0.3) is 11.7 Å². The van der Waals surface area contributed by atoms with Gasteiger partial charge < -0.3 is 14.7 Å². The fourth-order valence-electron chi connectivity index (χ4n) is 1.56. The smallest absolute Gasteiger partial charge is 0.293 e. The van der Waals surface area contributed by atoms with E-state index in [4.69, 9.17) is 4.74 Å². The number of amides is 1. The fraction of sp³-hybridized carbons (Fsp3) is 0.667. The Hall–Kier alpha value is -1.20. The van der Waals surface area contributed by atoms with E-state index in [1.165, 1.54) is 17.9 Å². The molecule has 2 atom stereocenters. The second kappa shape index (κ2) is 5.42. The van der Waals surface area contributed by atoms with Gasteiger partial charge in [0.15, 0.2) is 0 Å². The SMILES string of the molecule is C=C[C@H](C)[C@](C)(O)C(=O)C(=O)N1CCOCC1. The van der Waals surface area contributed by atoms with Crippen LogP contribution >= 0.6 is 0 Å². The van der Waals surface area contributed by atoms with Crippen molar-refractivity contribution in [3.8, 4) is 0 Å². The van der Waals surface area contributed by atoms with Crippen LogP contribution in [0.1, 0.15) is 13.8 Å². The molecule has 1 heterocycles. The van der Waals surface area contributed by atoms with Crippen molar-refractivity contribution in [3.05, 3.63) is 12.7 Å². The fourth-order valence-corrected chi connectivity index (χ4v) is 1.56. The van der Waals surface area contributed by atoms with Crippen LogP contribution < -0.4 is 0 Å². The third-order valence-corrected chi connectivity index (χ3v) is 3.19. The van der Waals surface area contributed by atoms with E-state index in [0.717, 1.165) is 0 Å². The Labute approximate surface area is 101 Å². The predicted molar refractivity (Wildman–Crippen MR) is 62.4 cm³/mol. The Kier molecular flexibility index (Phi) is 4.42. The highest BCUT2D eigenvalue weighted by molar-refractivity contribution is 6.39. The number of carbonyl (C=O) groups is 2. The summed E-state index contributed by atoms with van der Waals surface area (Å²) in [5.41, 5.74) is -1.70. The Morgan fingerprint density at radius 2 is 2.00 bits per heavy atom. The van der Waals surface area contributed by atoms with E-state index in [9.17, 15) is 14.7 Å². The summed E-state index contributed by atoms with van der Waals surface area (Å²) in [6, 6.07) is 0. The highest BCUT2D eigenvalue weighted by Crippen LogP contribution is 2.20. The van der Waals surface area contributed by atoms with E-state index >= 15 is 0 Å². The van der Waals surface area contributed by atoms with E-state index in [2.05, 4.69) is 6.58 Å². The lowest BCUT2D eigenvalue weighted by Crippen LogP contribution is -2.53. The van der Waals surface area contributed by atoms with Gasteiger partial charge in [-0.05, 0) is 6.92 Å². The van der Waals surface area contributed by atoms with E-state index in [1.54, 1.807) is 6.92 Å². The molecule has 1 N–H and O–H groups in total. The molecule has 0 unspecified atom stereocenters. The first-order valence-electron chi connectivity index (χ1n) is 5.67. The third kappa shape index (κ3) is 2.92. The molecule has 1 aliphatic rings. The number of hydrogen-bond donors (Lipinski definition) is 1. The van der Waals surface area contributed by atoms with Gasteiger partial charge in [-0.15, -0.1) is 6.58 Å². The van der Waals surface area contributed by atoms with Crippen molar-refractivity contribution in [1.82, 2.24) is 4.90 Å². The van der Waals surface area contributed by atoms with Crippen molar-refractivity contribution in [2.24, 2.45) is 5.92 Å². The van der Waals surface area contributed by atoms with Gasteiger partial charge in [-0.25, -0.2) is 0 Å². The van der Waals surface area contributed by atoms with Gasteiger partial charge in [-0.1, -0.05) is 13.0 Å². The third-order valence-electron chi connectivity index (χ3n) is 3.19. The molecule has 0 saturated carbocycles. The van der Waals surface area contributed by atoms with Crippen molar-refractivity contribution in [2.45, 2.75) is 19.4 Å². The van der Waals surface area contributed by atoms with Crippen LogP contribution in [-0.2, 0) is 14.3 Å². The maximum atomic E-state index is 11.9. The summed E-state index contributed by atoms with van der Waals surface area (Å²) in [7, 11) is 0. The molecule has 1 aliphatic heterocycles. The standard InChI is InChI=1S/C12H19NO4/c1-4-9(2)12(3,16)10(14)11(15)13-5-7-17-8-6-13/h4,9,16H,1,5-8H2,2-3H3/t9-,12-/m0/s1. The summed E-state index contributed by atoms with van der Waals surface area (Å²) in [5.74, 6) is -1.90. The van der Waals surface area contributed by atoms with Crippen LogP contribution in [0.15, 0.2) is 12.7 Å². The Morgan fingerprint density at radius 3 is 2.47 bits per heavy atom. The molecule has 5 heteroatoms. The maximum Gasteiger partial charge on any atom is 0.293 e. The zero-order chi connectivity index (χ0) is 13.1. The van der Waals surface area contributed by atoms with Crippen LogP contribution in [0.5, 0.6) is 0 Å². The summed E-state index contributed by atoms with van der Waals surface area (Å²) >= 11 is 0. The monoisotopic (exact) mass is 241 g/mol. The highest BCUT2D eigenvalue weighted by Gasteiger charge is 2.41. The summed E-state index contributed by atoms with van der Waals surface area (Å²) < 4.78 is 5.10. The van der Waals surface area contributed by atoms with Gasteiger partial charge >= 0.3 is 0 Å². The molecular formula is C12H19NO4. The number of ether oxygens (including phenoxy) is 1. The number of aliphatic hydroxyl groups is 1. The normalized spacial score (nSPS) is 21.5. The van der Waals surface area contributed by atoms with Crippen molar-refractivity contribution < 1.29 is 19.4 Å². The van der Waals surface area contributed by atoms with Gasteiger partial charge in [0.1, 0.15) is 5.60 Å². The summed E-state index contributed by atoms with van der Waals surface area (Å²) in [6.07, 6.45) is 1.46. The van der Waals surface area contributed by atoms with E-state index in [1.807, 2.05) is 0 Å². The number of ketones is 1. The van der Waals surface area contributed by atoms with Crippen molar-refractivity contribution in [1.29, 1.82) is 0 Å². The lowest BCUT2D eigenvalue weighted by atomic mass is 9.86. The Morgan fingerprint density at radius 1 is 1.47 bits per heavy atom. The van der Waals surface area contributed by atoms with E-state index in [0.29, 0.717) is 26.3 Å². The molecular weight excluding hydrogens is 222 g/mol. The molecule has 0 aromatic heterocycles. The molecule has 0 aromatic carbocycles. The zero-order valence-corrected chi connectivity index (χ0v) is 10.3. The maximum absolute atomic E-state index is 11.9. The number of carbonyl (C=O) groups excluding carboxylic acids is 2. The van der Waals surface area contributed by atoms with Crippen LogP contribution in [0, 0.1) is 5.92 Å². The lowest BCUT2D eigenvalue weighted by Gasteiger charge is -2.31. The van der Waals surface area contributed by atoms with Crippen LogP contribution in [0.2, 0.25) is 0 Å². The number of hydrogen-bond acceptors (Lipinski definition) is 4. The Balaban J connectivity index is 2.74. The van der Waals surface area contributed by atoms with Crippen molar-refractivity contribution in [2.75, 3.05) is 26.3 Å². The molecule has 1 fully saturated rings. The first-order chi connectivity index (χ1) is 7.91. The summed E-state index contributed by atoms with van der Waals surface area (Å²) in [6.45, 7) is 8.16. The second-order valence-electron chi connectivity index (χ2n) is 4.41. The van der Waals surface area contributed by atoms with Gasteiger partial charge in [-0.3, -0.25) is 9.59 Å². The number of morpholine rings is 1. The molecule has 0 radical (unpaired) electrons. The Bertz CT molecular complexity index is 318. The van der Waals surface area contributed by atoms with Gasteiger partial charge in [0.05, 0.1) is 13.2 Å². The van der Waals surface area contributed by atoms with Crippen LogP contribution in [0.3, 0.4) is 0 Å². The molecule has 1 amide bonds. The first kappa shape index (κ1) is 13.9. The predicted octanol–water partition coefficient (Wildman–Crippen LogP) is -0.0126. The average molecular weight is 241 g/mol. The molecule has 0 bridgehead atoms. The van der Waals surface area contributed by atoms with Gasteiger partial charge in [0.2, 0.25) is 0 Å². The minimum Gasteiger partial charge on any atom is -0.381 e. The molecule has 1 rings (SSSR count). The largest absolute Gasteiger partial charge is 0.381 e. The first-order valence-corrected chi connectivity index (χ1v) is 5.67. The molecule has 17 heavy (non-hydrogen) atoms. The average Bonchev–Trinajstić information content (AvgIpc) is 2.36. The molecule has 1 saturated heterocycles. The minimum atomic E-state index is -1.70. The van der Waals surface area contributed by atoms with E-state index < -0.39 is 23.2 Å². The van der Waals surface area contributed by atoms with Gasteiger partial charge in [0, 0.05) is 19.0 Å². The topological polar surface area (TPSA) is 66.8 Å². The summed E-state index contributed by atoms with van der Waals surface area (Å²) in [5, 5.41) is 10.1. The van der Waals surface area contributed by atoms with Crippen LogP contribution in [-0.4, -0.2) is 53.6 Å². The van der Waals surface area contributed by atoms with Gasteiger partial charge in [-0.2, -0.15) is 0 Å². The van der Waals surface area contributed by atoms with E-state index in [-0.39, 0.29) is 0 Å². The molecule has 5 nitrogen and oxygen atoms in total. The zero-order valence-electron chi connectivity index (χ0n) is 10.3. The molecule has 0 aliphatic carbocycles.